The maximum absolute atomic E-state index is 11.8. The minimum atomic E-state index is -0.890. The van der Waals surface area contributed by atoms with Gasteiger partial charge in [0.25, 0.3) is 0 Å². The Morgan fingerprint density at radius 1 is 0.574 bits per heavy atom. The fourth-order valence-electron chi connectivity index (χ4n) is 6.83. The Kier molecular flexibility index (Phi) is 9.81. The quantitative estimate of drug-likeness (QED) is 0.153. The molecule has 7 rings (SSSR count). The van der Waals surface area contributed by atoms with Crippen molar-refractivity contribution in [2.45, 2.75) is 38.7 Å². The Bertz CT molecular complexity index is 1820. The number of fused-ring (bicyclic) bond motifs is 1. The predicted molar refractivity (Wildman–Crippen MR) is 202 cm³/mol. The van der Waals surface area contributed by atoms with Gasteiger partial charge in [0.05, 0.1) is 0 Å². The van der Waals surface area contributed by atoms with E-state index in [1.54, 1.807) is 0 Å². The monoisotopic (exact) mass is 650 g/mol. The van der Waals surface area contributed by atoms with Crippen molar-refractivity contribution in [3.8, 4) is 11.5 Å². The molecule has 1 aliphatic rings. The maximum Gasteiger partial charge on any atom is 0.131 e. The number of aryl methyl sites for hydroxylation is 1. The summed E-state index contributed by atoms with van der Waals surface area (Å²) in [5.41, 5.74) is 2.31. The molecule has 0 spiro atoms. The van der Waals surface area contributed by atoms with Crippen LogP contribution in [0.1, 0.15) is 30.9 Å². The molecule has 0 bridgehead atoms. The van der Waals surface area contributed by atoms with Crippen molar-refractivity contribution in [2.24, 2.45) is 5.92 Å². The average Bonchev–Trinajstić information content (AvgIpc) is 3.13. The van der Waals surface area contributed by atoms with Crippen molar-refractivity contribution < 1.29 is 9.84 Å². The molecule has 2 unspecified atom stereocenters. The van der Waals surface area contributed by atoms with Crippen LogP contribution in [-0.4, -0.2) is 11.2 Å². The number of phenolic OH excluding ortho intramolecular Hbond substituents is 1. The number of aromatic hydroxyl groups is 1. The lowest BCUT2D eigenvalue weighted by molar-refractivity contribution is 0.103. The number of ether oxygens (including phenoxy) is 1. The molecule has 0 fully saturated rings. The smallest absolute Gasteiger partial charge is 0.131 e. The Morgan fingerprint density at radius 3 is 1.55 bits per heavy atom. The van der Waals surface area contributed by atoms with Crippen LogP contribution in [0, 0.1) is 5.92 Å². The van der Waals surface area contributed by atoms with Gasteiger partial charge in [-0.3, -0.25) is 0 Å². The minimum Gasteiger partial charge on any atom is -0.507 e. The van der Waals surface area contributed by atoms with E-state index >= 15 is 0 Å². The minimum absolute atomic E-state index is 0.0739. The normalized spacial score (nSPS) is 15.7. The largest absolute Gasteiger partial charge is 0.507 e. The zero-order valence-electron chi connectivity index (χ0n) is 26.7. The van der Waals surface area contributed by atoms with E-state index in [0.29, 0.717) is 11.7 Å². The van der Waals surface area contributed by atoms with Crippen LogP contribution < -0.4 is 36.6 Å². The van der Waals surface area contributed by atoms with Gasteiger partial charge < -0.3 is 9.84 Å². The number of hydrogen-bond acceptors (Lipinski definition) is 2. The molecule has 234 valence electrons. The summed E-state index contributed by atoms with van der Waals surface area (Å²) in [5.74, 6) is 1.91. The molecule has 47 heavy (non-hydrogen) atoms. The molecule has 6 aromatic rings. The molecule has 2 nitrogen and oxygen atoms in total. The molecule has 1 heterocycles. The lowest BCUT2D eigenvalue weighted by atomic mass is 9.86. The summed E-state index contributed by atoms with van der Waals surface area (Å²) in [6.07, 6.45) is 3.75. The molecule has 4 heteroatoms. The second-order valence-corrected chi connectivity index (χ2v) is 16.5. The van der Waals surface area contributed by atoms with Crippen molar-refractivity contribution in [3.05, 3.63) is 169 Å². The molecule has 0 radical (unpaired) electrons. The van der Waals surface area contributed by atoms with Gasteiger partial charge >= 0.3 is 0 Å². The van der Waals surface area contributed by atoms with Crippen molar-refractivity contribution in [2.75, 3.05) is 0 Å². The Balaban J connectivity index is 1.20. The summed E-state index contributed by atoms with van der Waals surface area (Å²) >= 11 is 0. The van der Waals surface area contributed by atoms with Gasteiger partial charge in [-0.05, 0) is 79.8 Å². The second-order valence-electron chi connectivity index (χ2n) is 12.1. The Morgan fingerprint density at radius 2 is 1.04 bits per heavy atom. The first-order valence-electron chi connectivity index (χ1n) is 16.6. The Labute approximate surface area is 281 Å². The topological polar surface area (TPSA) is 29.5 Å². The molecule has 0 saturated heterocycles. The molecular weight excluding hydrogens is 610 g/mol. The third-order valence-corrected chi connectivity index (χ3v) is 14.1. The lowest BCUT2D eigenvalue weighted by Crippen LogP contribution is -2.36. The average molecular weight is 651 g/mol. The van der Waals surface area contributed by atoms with Crippen LogP contribution in [0.3, 0.4) is 0 Å². The first-order valence-corrected chi connectivity index (χ1v) is 19.3. The number of hydrogen-bond donors (Lipinski definition) is 1. The summed E-state index contributed by atoms with van der Waals surface area (Å²) < 4.78 is 7.11. The molecule has 0 aromatic heterocycles. The summed E-state index contributed by atoms with van der Waals surface area (Å²) in [5, 5.41) is 19.3. The van der Waals surface area contributed by atoms with Gasteiger partial charge in [-0.1, -0.05) is 165 Å². The SMILES string of the molecule is CCC1Cc2cccc(P(c3ccccc3)c3ccccc3)c2OC1CCc1cccc(P(c2ccccc2)c2ccccc2)c1O. The van der Waals surface area contributed by atoms with Gasteiger partial charge in [0.15, 0.2) is 0 Å². The van der Waals surface area contributed by atoms with Crippen LogP contribution in [0.4, 0.5) is 0 Å². The van der Waals surface area contributed by atoms with Gasteiger partial charge in [-0.15, -0.1) is 0 Å². The molecule has 0 amide bonds. The van der Waals surface area contributed by atoms with Crippen LogP contribution >= 0.6 is 15.8 Å². The highest BCUT2D eigenvalue weighted by molar-refractivity contribution is 7.80. The number of rotatable bonds is 10. The molecule has 1 aliphatic heterocycles. The van der Waals surface area contributed by atoms with E-state index in [-0.39, 0.29) is 6.10 Å². The first-order chi connectivity index (χ1) is 23.2. The zero-order chi connectivity index (χ0) is 32.0. The maximum atomic E-state index is 11.8. The van der Waals surface area contributed by atoms with Crippen LogP contribution in [-0.2, 0) is 12.8 Å². The van der Waals surface area contributed by atoms with Crippen LogP contribution in [0.2, 0.25) is 0 Å². The van der Waals surface area contributed by atoms with Gasteiger partial charge in [-0.25, -0.2) is 0 Å². The van der Waals surface area contributed by atoms with Crippen molar-refractivity contribution >= 4 is 47.7 Å². The standard InChI is InChI=1S/C43H40O2P2/c1-2-32-31-34-18-16-28-41(47(37-23-11-5-12-24-37)38-25-13-6-14-26-38)43(34)45-39(32)30-29-33-17-15-27-40(42(33)44)46(35-19-7-3-8-20-35)36-21-9-4-10-22-36/h3-28,32,39,44H,2,29-31H2,1H3. The summed E-state index contributed by atoms with van der Waals surface area (Å²) in [7, 11) is -1.67. The third-order valence-electron chi connectivity index (χ3n) is 9.21. The molecule has 6 aromatic carbocycles. The first kappa shape index (κ1) is 31.4. The zero-order valence-corrected chi connectivity index (χ0v) is 28.5. The highest BCUT2D eigenvalue weighted by Gasteiger charge is 2.33. The van der Waals surface area contributed by atoms with E-state index < -0.39 is 15.8 Å². The summed E-state index contributed by atoms with van der Waals surface area (Å²) in [6, 6.07) is 56.0. The van der Waals surface area contributed by atoms with Crippen LogP contribution in [0.25, 0.3) is 0 Å². The highest BCUT2D eigenvalue weighted by Crippen LogP contribution is 2.43. The highest BCUT2D eigenvalue weighted by atomic mass is 31.1. The van der Waals surface area contributed by atoms with Crippen molar-refractivity contribution in [3.63, 3.8) is 0 Å². The van der Waals surface area contributed by atoms with E-state index in [9.17, 15) is 5.11 Å². The Hall–Kier alpha value is -4.22. The van der Waals surface area contributed by atoms with Gasteiger partial charge in [-0.2, -0.15) is 0 Å². The number of para-hydroxylation sites is 2. The fourth-order valence-corrected chi connectivity index (χ4v) is 11.6. The van der Waals surface area contributed by atoms with Crippen molar-refractivity contribution in [1.82, 2.24) is 0 Å². The number of benzene rings is 6. The fraction of sp³-hybridized carbons (Fsp3) is 0.163. The molecule has 1 N–H and O–H groups in total. The van der Waals surface area contributed by atoms with Crippen LogP contribution in [0.15, 0.2) is 158 Å². The predicted octanol–water partition coefficient (Wildman–Crippen LogP) is 7.87. The number of phenols is 1. The van der Waals surface area contributed by atoms with E-state index in [1.807, 2.05) is 0 Å². The van der Waals surface area contributed by atoms with Gasteiger partial charge in [0.1, 0.15) is 17.6 Å². The van der Waals surface area contributed by atoms with E-state index in [4.69, 9.17) is 4.74 Å². The molecule has 0 saturated carbocycles. The van der Waals surface area contributed by atoms with E-state index in [1.165, 1.54) is 32.1 Å². The third kappa shape index (κ3) is 6.78. The van der Waals surface area contributed by atoms with Gasteiger partial charge in [0.2, 0.25) is 0 Å². The summed E-state index contributed by atoms with van der Waals surface area (Å²) in [6.45, 7) is 2.28. The lowest BCUT2D eigenvalue weighted by Gasteiger charge is -2.36. The molecule has 0 aliphatic carbocycles. The molecular formula is C43H40O2P2. The van der Waals surface area contributed by atoms with E-state index in [2.05, 4.69) is 165 Å². The van der Waals surface area contributed by atoms with E-state index in [0.717, 1.165) is 42.3 Å². The van der Waals surface area contributed by atoms with Crippen molar-refractivity contribution in [1.29, 1.82) is 0 Å². The van der Waals surface area contributed by atoms with Crippen LogP contribution in [0.5, 0.6) is 11.5 Å². The second kappa shape index (κ2) is 14.7. The van der Waals surface area contributed by atoms with Gasteiger partial charge in [0, 0.05) is 10.6 Å². The molecule has 2 atom stereocenters. The summed E-state index contributed by atoms with van der Waals surface area (Å²) in [4.78, 5) is 0.